The smallest absolute Gasteiger partial charge is 0.124 e. The average molecular weight is 350 g/mol. The van der Waals surface area contributed by atoms with Crippen LogP contribution in [-0.4, -0.2) is 7.05 Å². The molecule has 0 aliphatic rings. The SMILES string of the molecule is CCc1ccc(CC)c(C(NC)c2ccc(F)cc2Br)c1. The highest BCUT2D eigenvalue weighted by molar-refractivity contribution is 9.10. The number of benzene rings is 2. The summed E-state index contributed by atoms with van der Waals surface area (Å²) in [5.74, 6) is -0.224. The van der Waals surface area contributed by atoms with Gasteiger partial charge in [0.25, 0.3) is 0 Å². The number of nitrogens with one attached hydrogen (secondary N) is 1. The van der Waals surface area contributed by atoms with Gasteiger partial charge in [0.2, 0.25) is 0 Å². The summed E-state index contributed by atoms with van der Waals surface area (Å²) in [4.78, 5) is 0. The van der Waals surface area contributed by atoms with Crippen LogP contribution in [0.5, 0.6) is 0 Å². The summed E-state index contributed by atoms with van der Waals surface area (Å²) in [5, 5.41) is 3.37. The Hall–Kier alpha value is -1.19. The van der Waals surface area contributed by atoms with Crippen molar-refractivity contribution in [2.75, 3.05) is 7.05 Å². The lowest BCUT2D eigenvalue weighted by molar-refractivity contribution is 0.621. The molecule has 3 heteroatoms. The van der Waals surface area contributed by atoms with Gasteiger partial charge in [0.1, 0.15) is 5.82 Å². The third-order valence-corrected chi connectivity index (χ3v) is 4.56. The maximum Gasteiger partial charge on any atom is 0.124 e. The van der Waals surface area contributed by atoms with Crippen molar-refractivity contribution >= 4 is 15.9 Å². The van der Waals surface area contributed by atoms with Crippen molar-refractivity contribution in [1.82, 2.24) is 5.32 Å². The molecular formula is C18H21BrFN. The second kappa shape index (κ2) is 7.19. The average Bonchev–Trinajstić information content (AvgIpc) is 2.49. The minimum atomic E-state index is -0.224. The largest absolute Gasteiger partial charge is 0.309 e. The van der Waals surface area contributed by atoms with Gasteiger partial charge >= 0.3 is 0 Å². The van der Waals surface area contributed by atoms with Gasteiger partial charge in [-0.05, 0) is 54.3 Å². The summed E-state index contributed by atoms with van der Waals surface area (Å²) in [6, 6.07) is 11.6. The first-order chi connectivity index (χ1) is 10.1. The molecule has 0 heterocycles. The molecule has 1 atom stereocenters. The molecule has 0 spiro atoms. The van der Waals surface area contributed by atoms with E-state index in [1.54, 1.807) is 0 Å². The lowest BCUT2D eigenvalue weighted by atomic mass is 9.91. The van der Waals surface area contributed by atoms with E-state index in [9.17, 15) is 4.39 Å². The van der Waals surface area contributed by atoms with Crippen molar-refractivity contribution in [1.29, 1.82) is 0 Å². The van der Waals surface area contributed by atoms with Crippen LogP contribution < -0.4 is 5.32 Å². The van der Waals surface area contributed by atoms with Gasteiger partial charge in [-0.25, -0.2) is 4.39 Å². The molecule has 0 aliphatic heterocycles. The Bertz CT molecular complexity index is 625. The number of rotatable bonds is 5. The molecule has 0 bridgehead atoms. The molecule has 112 valence electrons. The van der Waals surface area contributed by atoms with E-state index in [0.717, 1.165) is 22.9 Å². The van der Waals surface area contributed by atoms with E-state index >= 15 is 0 Å². The minimum absolute atomic E-state index is 0.0569. The Labute approximate surface area is 134 Å². The summed E-state index contributed by atoms with van der Waals surface area (Å²) in [6.07, 6.45) is 1.99. The molecule has 1 N–H and O–H groups in total. The molecule has 21 heavy (non-hydrogen) atoms. The van der Waals surface area contributed by atoms with E-state index in [4.69, 9.17) is 0 Å². The van der Waals surface area contributed by atoms with E-state index < -0.39 is 0 Å². The summed E-state index contributed by atoms with van der Waals surface area (Å²) in [7, 11) is 1.94. The summed E-state index contributed by atoms with van der Waals surface area (Å²) < 4.78 is 14.1. The summed E-state index contributed by atoms with van der Waals surface area (Å²) in [6.45, 7) is 4.32. The third-order valence-electron chi connectivity index (χ3n) is 3.87. The molecule has 1 nitrogen and oxygen atoms in total. The first-order valence-electron chi connectivity index (χ1n) is 7.34. The second-order valence-corrected chi connectivity index (χ2v) is 5.98. The zero-order valence-electron chi connectivity index (χ0n) is 12.7. The normalized spacial score (nSPS) is 12.4. The zero-order valence-corrected chi connectivity index (χ0v) is 14.3. The van der Waals surface area contributed by atoms with Gasteiger partial charge in [-0.1, -0.05) is 54.0 Å². The van der Waals surface area contributed by atoms with Gasteiger partial charge in [-0.2, -0.15) is 0 Å². The Balaban J connectivity index is 2.54. The fourth-order valence-corrected chi connectivity index (χ4v) is 3.25. The highest BCUT2D eigenvalue weighted by atomic mass is 79.9. The van der Waals surface area contributed by atoms with Crippen LogP contribution in [0.3, 0.4) is 0 Å². The van der Waals surface area contributed by atoms with Crippen LogP contribution in [0.2, 0.25) is 0 Å². The number of hydrogen-bond acceptors (Lipinski definition) is 1. The molecule has 0 saturated carbocycles. The molecule has 0 radical (unpaired) electrons. The predicted molar refractivity (Wildman–Crippen MR) is 90.2 cm³/mol. The van der Waals surface area contributed by atoms with Gasteiger partial charge in [0, 0.05) is 4.47 Å². The number of hydrogen-bond donors (Lipinski definition) is 1. The molecule has 2 aromatic carbocycles. The standard InChI is InChI=1S/C18H21BrFN/c1-4-12-6-7-13(5-2)16(10-12)18(21-3)15-9-8-14(20)11-17(15)19/h6-11,18,21H,4-5H2,1-3H3. The quantitative estimate of drug-likeness (QED) is 0.798. The topological polar surface area (TPSA) is 12.0 Å². The summed E-state index contributed by atoms with van der Waals surface area (Å²) >= 11 is 3.49. The van der Waals surface area contributed by atoms with E-state index in [0.29, 0.717) is 0 Å². The van der Waals surface area contributed by atoms with Gasteiger partial charge in [0.05, 0.1) is 6.04 Å². The summed E-state index contributed by atoms with van der Waals surface area (Å²) in [5.41, 5.74) is 4.97. The Morgan fingerprint density at radius 3 is 2.38 bits per heavy atom. The van der Waals surface area contributed by atoms with Crippen LogP contribution >= 0.6 is 15.9 Å². The highest BCUT2D eigenvalue weighted by Crippen LogP contribution is 2.31. The molecule has 0 aromatic heterocycles. The van der Waals surface area contributed by atoms with E-state index in [1.807, 2.05) is 13.1 Å². The third kappa shape index (κ3) is 3.53. The molecule has 0 amide bonds. The van der Waals surface area contributed by atoms with E-state index in [1.165, 1.54) is 28.8 Å². The predicted octanol–water partition coefficient (Wildman–Crippen LogP) is 5.02. The van der Waals surface area contributed by atoms with Crippen LogP contribution in [0.4, 0.5) is 4.39 Å². The van der Waals surface area contributed by atoms with Crippen molar-refractivity contribution in [2.45, 2.75) is 32.7 Å². The monoisotopic (exact) mass is 349 g/mol. The fourth-order valence-electron chi connectivity index (χ4n) is 2.67. The van der Waals surface area contributed by atoms with Crippen molar-refractivity contribution in [3.8, 4) is 0 Å². The zero-order chi connectivity index (χ0) is 15.4. The Morgan fingerprint density at radius 2 is 1.81 bits per heavy atom. The lowest BCUT2D eigenvalue weighted by Gasteiger charge is -2.22. The van der Waals surface area contributed by atoms with E-state index in [2.05, 4.69) is 53.3 Å². The number of aryl methyl sites for hydroxylation is 2. The first-order valence-corrected chi connectivity index (χ1v) is 8.13. The van der Waals surface area contributed by atoms with Crippen LogP contribution in [0.25, 0.3) is 0 Å². The van der Waals surface area contributed by atoms with Crippen molar-refractivity contribution in [3.63, 3.8) is 0 Å². The van der Waals surface area contributed by atoms with Gasteiger partial charge in [0.15, 0.2) is 0 Å². The van der Waals surface area contributed by atoms with Crippen LogP contribution in [0.15, 0.2) is 40.9 Å². The molecular weight excluding hydrogens is 329 g/mol. The second-order valence-electron chi connectivity index (χ2n) is 5.13. The Kier molecular flexibility index (Phi) is 5.54. The molecule has 2 rings (SSSR count). The first kappa shape index (κ1) is 16.2. The van der Waals surface area contributed by atoms with Crippen molar-refractivity contribution in [2.24, 2.45) is 0 Å². The highest BCUT2D eigenvalue weighted by Gasteiger charge is 2.18. The van der Waals surface area contributed by atoms with Crippen LogP contribution in [0, 0.1) is 5.82 Å². The lowest BCUT2D eigenvalue weighted by Crippen LogP contribution is -2.20. The van der Waals surface area contributed by atoms with E-state index in [-0.39, 0.29) is 11.9 Å². The van der Waals surface area contributed by atoms with Crippen LogP contribution in [0.1, 0.15) is 42.1 Å². The van der Waals surface area contributed by atoms with Crippen LogP contribution in [-0.2, 0) is 12.8 Å². The maximum atomic E-state index is 13.3. The fraction of sp³-hybridized carbons (Fsp3) is 0.333. The van der Waals surface area contributed by atoms with Gasteiger partial charge in [-0.3, -0.25) is 0 Å². The molecule has 0 saturated heterocycles. The number of halogens is 2. The molecule has 2 aromatic rings. The maximum absolute atomic E-state index is 13.3. The Morgan fingerprint density at radius 1 is 1.05 bits per heavy atom. The van der Waals surface area contributed by atoms with Gasteiger partial charge < -0.3 is 5.32 Å². The molecule has 0 aliphatic carbocycles. The molecule has 0 fully saturated rings. The minimum Gasteiger partial charge on any atom is -0.309 e. The van der Waals surface area contributed by atoms with Crippen molar-refractivity contribution in [3.05, 3.63) is 68.9 Å². The van der Waals surface area contributed by atoms with Crippen molar-refractivity contribution < 1.29 is 4.39 Å². The molecule has 1 unspecified atom stereocenters. The van der Waals surface area contributed by atoms with Gasteiger partial charge in [-0.15, -0.1) is 0 Å².